The Labute approximate surface area is 136 Å². The highest BCUT2D eigenvalue weighted by Crippen LogP contribution is 2.39. The van der Waals surface area contributed by atoms with Crippen LogP contribution >= 0.6 is 11.3 Å². The van der Waals surface area contributed by atoms with Gasteiger partial charge in [-0.3, -0.25) is 9.59 Å². The lowest BCUT2D eigenvalue weighted by atomic mass is 10.1. The Kier molecular flexibility index (Phi) is 4.12. The molecule has 23 heavy (non-hydrogen) atoms. The Morgan fingerprint density at radius 3 is 2.70 bits per heavy atom. The number of nitrogens with one attached hydrogen (secondary N) is 2. The maximum atomic E-state index is 14.2. The molecule has 120 valence electrons. The van der Waals surface area contributed by atoms with Crippen LogP contribution in [0.4, 0.5) is 15.2 Å². The Hall–Kier alpha value is -2.28. The number of aromatic nitrogens is 1. The zero-order valence-corrected chi connectivity index (χ0v) is 13.5. The van der Waals surface area contributed by atoms with E-state index < -0.39 is 5.82 Å². The van der Waals surface area contributed by atoms with Gasteiger partial charge >= 0.3 is 0 Å². The molecule has 0 radical (unpaired) electrons. The van der Waals surface area contributed by atoms with Crippen molar-refractivity contribution in [1.82, 2.24) is 4.98 Å². The molecule has 1 saturated carbocycles. The molecule has 7 heteroatoms. The summed E-state index contributed by atoms with van der Waals surface area (Å²) in [5, 5.41) is 7.46. The molecule has 2 amide bonds. The van der Waals surface area contributed by atoms with Gasteiger partial charge in [0.2, 0.25) is 11.8 Å². The predicted octanol–water partition coefficient (Wildman–Crippen LogP) is 3.50. The van der Waals surface area contributed by atoms with Gasteiger partial charge in [-0.05, 0) is 30.5 Å². The summed E-state index contributed by atoms with van der Waals surface area (Å²) in [5.41, 5.74) is 1.18. The number of carbonyl (C=O) groups excluding carboxylic acids is 2. The van der Waals surface area contributed by atoms with Crippen LogP contribution in [-0.4, -0.2) is 16.8 Å². The quantitative estimate of drug-likeness (QED) is 0.899. The van der Waals surface area contributed by atoms with Crippen LogP contribution in [0.15, 0.2) is 23.6 Å². The molecule has 1 heterocycles. The zero-order chi connectivity index (χ0) is 16.6. The molecule has 2 N–H and O–H groups in total. The number of hydrogen-bond donors (Lipinski definition) is 2. The van der Waals surface area contributed by atoms with Crippen LogP contribution in [0, 0.1) is 17.7 Å². The van der Waals surface area contributed by atoms with Gasteiger partial charge < -0.3 is 10.6 Å². The monoisotopic (exact) mass is 333 g/mol. The van der Waals surface area contributed by atoms with E-state index in [1.807, 2.05) is 6.92 Å². The van der Waals surface area contributed by atoms with E-state index in [1.165, 1.54) is 24.3 Å². The molecule has 0 saturated heterocycles. The second-order valence-electron chi connectivity index (χ2n) is 5.72. The number of amides is 2. The molecular weight excluding hydrogens is 317 g/mol. The molecule has 0 spiro atoms. The Morgan fingerprint density at radius 1 is 1.35 bits per heavy atom. The summed E-state index contributed by atoms with van der Waals surface area (Å²) in [6, 6.07) is 4.42. The van der Waals surface area contributed by atoms with Crippen molar-refractivity contribution in [2.24, 2.45) is 11.8 Å². The van der Waals surface area contributed by atoms with E-state index in [0.29, 0.717) is 28.0 Å². The summed E-state index contributed by atoms with van der Waals surface area (Å²) in [6.45, 7) is 3.39. The average Bonchev–Trinajstić information content (AvgIpc) is 3.03. The third kappa shape index (κ3) is 3.56. The maximum absolute atomic E-state index is 14.2. The topological polar surface area (TPSA) is 71.1 Å². The molecule has 1 aromatic heterocycles. The molecule has 1 aliphatic rings. The number of nitrogens with zero attached hydrogens (tertiary/aromatic N) is 1. The molecule has 2 atom stereocenters. The molecule has 0 aliphatic heterocycles. The Bertz CT molecular complexity index is 774. The van der Waals surface area contributed by atoms with Crippen LogP contribution in [-0.2, 0) is 9.59 Å². The van der Waals surface area contributed by atoms with Crippen molar-refractivity contribution in [3.63, 3.8) is 0 Å². The van der Waals surface area contributed by atoms with Crippen LogP contribution in [0.1, 0.15) is 20.3 Å². The van der Waals surface area contributed by atoms with Crippen molar-refractivity contribution >= 4 is 34.0 Å². The van der Waals surface area contributed by atoms with Gasteiger partial charge in [0.05, 0.1) is 5.69 Å². The second-order valence-corrected chi connectivity index (χ2v) is 6.58. The Balaban J connectivity index is 1.74. The van der Waals surface area contributed by atoms with E-state index in [4.69, 9.17) is 0 Å². The van der Waals surface area contributed by atoms with Crippen molar-refractivity contribution in [1.29, 1.82) is 0 Å². The van der Waals surface area contributed by atoms with Gasteiger partial charge in [-0.1, -0.05) is 6.92 Å². The first-order chi connectivity index (χ1) is 10.9. The van der Waals surface area contributed by atoms with Crippen LogP contribution in [0.2, 0.25) is 0 Å². The summed E-state index contributed by atoms with van der Waals surface area (Å²) in [7, 11) is 0. The lowest BCUT2D eigenvalue weighted by Crippen LogP contribution is -2.14. The van der Waals surface area contributed by atoms with Crippen LogP contribution < -0.4 is 10.6 Å². The summed E-state index contributed by atoms with van der Waals surface area (Å²) in [4.78, 5) is 27.1. The van der Waals surface area contributed by atoms with E-state index in [2.05, 4.69) is 15.6 Å². The molecule has 1 aromatic carbocycles. The number of hydrogen-bond acceptors (Lipinski definition) is 4. The summed E-state index contributed by atoms with van der Waals surface area (Å²) >= 11 is 1.26. The Morgan fingerprint density at radius 2 is 2.09 bits per heavy atom. The number of carbonyl (C=O) groups is 2. The average molecular weight is 333 g/mol. The van der Waals surface area contributed by atoms with Gasteiger partial charge in [-0.25, -0.2) is 9.37 Å². The molecule has 1 fully saturated rings. The third-order valence-corrected chi connectivity index (χ3v) is 4.50. The van der Waals surface area contributed by atoms with Gasteiger partial charge in [0.15, 0.2) is 5.13 Å². The van der Waals surface area contributed by atoms with Crippen molar-refractivity contribution in [3.8, 4) is 11.3 Å². The molecule has 0 unspecified atom stereocenters. The normalized spacial score (nSPS) is 19.3. The minimum Gasteiger partial charge on any atom is -0.326 e. The minimum atomic E-state index is -0.477. The first-order valence-corrected chi connectivity index (χ1v) is 8.16. The highest BCUT2D eigenvalue weighted by atomic mass is 32.1. The fourth-order valence-electron chi connectivity index (χ4n) is 2.34. The van der Waals surface area contributed by atoms with E-state index in [1.54, 1.807) is 17.5 Å². The van der Waals surface area contributed by atoms with Gasteiger partial charge in [0.25, 0.3) is 0 Å². The summed E-state index contributed by atoms with van der Waals surface area (Å²) in [5.74, 6) is -0.274. The predicted molar refractivity (Wildman–Crippen MR) is 87.7 cm³/mol. The van der Waals surface area contributed by atoms with Gasteiger partial charge in [0.1, 0.15) is 5.82 Å². The fourth-order valence-corrected chi connectivity index (χ4v) is 3.06. The zero-order valence-electron chi connectivity index (χ0n) is 12.7. The van der Waals surface area contributed by atoms with Crippen LogP contribution in [0.5, 0.6) is 0 Å². The molecule has 0 bridgehead atoms. The van der Waals surface area contributed by atoms with Crippen molar-refractivity contribution in [2.75, 3.05) is 10.6 Å². The smallest absolute Gasteiger partial charge is 0.229 e. The van der Waals surface area contributed by atoms with E-state index >= 15 is 0 Å². The van der Waals surface area contributed by atoms with Crippen molar-refractivity contribution in [2.45, 2.75) is 20.3 Å². The number of anilines is 2. The number of thiazole rings is 1. The minimum absolute atomic E-state index is 0.0279. The maximum Gasteiger partial charge on any atom is 0.229 e. The highest BCUT2D eigenvalue weighted by Gasteiger charge is 2.39. The van der Waals surface area contributed by atoms with E-state index in [-0.39, 0.29) is 17.7 Å². The molecule has 1 aliphatic carbocycles. The van der Waals surface area contributed by atoms with Crippen LogP contribution in [0.3, 0.4) is 0 Å². The van der Waals surface area contributed by atoms with E-state index in [0.717, 1.165) is 6.42 Å². The van der Waals surface area contributed by atoms with E-state index in [9.17, 15) is 14.0 Å². The largest absolute Gasteiger partial charge is 0.326 e. The SMILES string of the molecule is CC(=O)Nc1ccc(-c2csc(NC(=O)[C@@H]3C[C@H]3C)n2)c(F)c1. The van der Waals surface area contributed by atoms with Crippen molar-refractivity contribution in [3.05, 3.63) is 29.4 Å². The number of benzene rings is 1. The van der Waals surface area contributed by atoms with Crippen LogP contribution in [0.25, 0.3) is 11.3 Å². The first-order valence-electron chi connectivity index (χ1n) is 7.28. The first kappa shape index (κ1) is 15.6. The number of halogens is 1. The molecule has 3 rings (SSSR count). The highest BCUT2D eigenvalue weighted by molar-refractivity contribution is 7.14. The van der Waals surface area contributed by atoms with Gasteiger partial charge in [0, 0.05) is 29.5 Å². The molecule has 2 aromatic rings. The van der Waals surface area contributed by atoms with Crippen molar-refractivity contribution < 1.29 is 14.0 Å². The standard InChI is InChI=1S/C16H16FN3O2S/c1-8-5-12(8)15(22)20-16-19-14(7-23-16)11-4-3-10(6-13(11)17)18-9(2)21/h3-4,6-8,12H,5H2,1-2H3,(H,18,21)(H,19,20,22)/t8-,12-/m1/s1. The second kappa shape index (κ2) is 6.08. The molecule has 5 nitrogen and oxygen atoms in total. The lowest BCUT2D eigenvalue weighted by molar-refractivity contribution is -0.117. The summed E-state index contributed by atoms with van der Waals surface area (Å²) < 4.78 is 14.2. The van der Waals surface area contributed by atoms with Gasteiger partial charge in [-0.2, -0.15) is 0 Å². The lowest BCUT2D eigenvalue weighted by Gasteiger charge is -2.05. The number of rotatable bonds is 4. The summed E-state index contributed by atoms with van der Waals surface area (Å²) in [6.07, 6.45) is 0.906. The van der Waals surface area contributed by atoms with Gasteiger partial charge in [-0.15, -0.1) is 11.3 Å². The third-order valence-electron chi connectivity index (χ3n) is 3.75. The fraction of sp³-hybridized carbons (Fsp3) is 0.312. The molecular formula is C16H16FN3O2S.